The number of aromatic nitrogens is 1. The third-order valence-electron chi connectivity index (χ3n) is 5.84. The molecule has 0 atom stereocenters. The van der Waals surface area contributed by atoms with Gasteiger partial charge in [-0.3, -0.25) is 4.79 Å². The highest BCUT2D eigenvalue weighted by Crippen LogP contribution is 2.39. The van der Waals surface area contributed by atoms with E-state index in [1.165, 1.54) is 6.20 Å². The van der Waals surface area contributed by atoms with Crippen LogP contribution in [0, 0.1) is 12.7 Å². The van der Waals surface area contributed by atoms with Gasteiger partial charge in [0.2, 0.25) is 5.43 Å². The average molecular weight is 420 g/mol. The number of anilines is 1. The van der Waals surface area contributed by atoms with E-state index in [1.807, 2.05) is 9.47 Å². The van der Waals surface area contributed by atoms with Gasteiger partial charge in [-0.05, 0) is 44.2 Å². The molecule has 2 heterocycles. The maximum Gasteiger partial charge on any atom is 0.341 e. The number of carboxylic acids is 1. The number of rotatable bonds is 4. The van der Waals surface area contributed by atoms with Crippen LogP contribution in [0.15, 0.2) is 27.7 Å². The van der Waals surface area contributed by atoms with Crippen molar-refractivity contribution in [2.75, 3.05) is 24.5 Å². The summed E-state index contributed by atoms with van der Waals surface area (Å²) < 4.78 is 17.2. The smallest absolute Gasteiger partial charge is 0.341 e. The van der Waals surface area contributed by atoms with Crippen molar-refractivity contribution in [3.63, 3.8) is 0 Å². The highest BCUT2D eigenvalue weighted by atomic mass is 35.5. The Kier molecular flexibility index (Phi) is 5.12. The zero-order chi connectivity index (χ0) is 20.9. The van der Waals surface area contributed by atoms with Gasteiger partial charge in [0.15, 0.2) is 0 Å². The highest BCUT2D eigenvalue weighted by Gasteiger charge is 2.29. The number of nitrogens with zero attached hydrogens (tertiary/aromatic N) is 2. The van der Waals surface area contributed by atoms with Crippen molar-refractivity contribution >= 4 is 34.2 Å². The molecule has 2 fully saturated rings. The molecule has 0 unspecified atom stereocenters. The molecule has 8 heteroatoms. The lowest BCUT2D eigenvalue weighted by molar-refractivity contribution is 0.0695. The van der Waals surface area contributed by atoms with Crippen molar-refractivity contribution in [2.24, 2.45) is 5.73 Å². The largest absolute Gasteiger partial charge is 0.477 e. The van der Waals surface area contributed by atoms with Gasteiger partial charge in [-0.2, -0.15) is 0 Å². The fourth-order valence-electron chi connectivity index (χ4n) is 4.13. The summed E-state index contributed by atoms with van der Waals surface area (Å²) in [5.41, 5.74) is 6.87. The van der Waals surface area contributed by atoms with Crippen molar-refractivity contribution in [3.05, 3.63) is 50.0 Å². The Morgan fingerprint density at radius 1 is 1.41 bits per heavy atom. The van der Waals surface area contributed by atoms with E-state index in [-0.39, 0.29) is 29.1 Å². The van der Waals surface area contributed by atoms with Crippen LogP contribution in [0.2, 0.25) is 0 Å². The van der Waals surface area contributed by atoms with Crippen LogP contribution in [0.4, 0.5) is 10.1 Å². The van der Waals surface area contributed by atoms with Crippen LogP contribution in [-0.4, -0.2) is 35.3 Å². The van der Waals surface area contributed by atoms with E-state index in [9.17, 15) is 14.7 Å². The molecule has 4 rings (SSSR count). The summed E-state index contributed by atoms with van der Waals surface area (Å²) in [6.45, 7) is 2.95. The molecular formula is C21H23ClFN3O3. The first-order valence-electron chi connectivity index (χ1n) is 9.76. The van der Waals surface area contributed by atoms with Crippen molar-refractivity contribution < 1.29 is 14.3 Å². The number of carbonyl (C=O) groups is 1. The fraction of sp³-hybridized carbons (Fsp3) is 0.429. The van der Waals surface area contributed by atoms with E-state index in [0.717, 1.165) is 31.3 Å². The fourth-order valence-corrected chi connectivity index (χ4v) is 4.29. The normalized spacial score (nSPS) is 19.0. The number of halogens is 2. The Hall–Kier alpha value is -2.38. The molecule has 154 valence electrons. The Labute approximate surface area is 172 Å². The van der Waals surface area contributed by atoms with Crippen LogP contribution in [-0.2, 0) is 0 Å². The molecule has 1 saturated heterocycles. The van der Waals surface area contributed by atoms with Crippen molar-refractivity contribution in [1.29, 1.82) is 0 Å². The number of aryl methyl sites for hydroxylation is 1. The highest BCUT2D eigenvalue weighted by molar-refractivity contribution is 6.30. The number of carboxylic acid groups (broad SMARTS) is 1. The monoisotopic (exact) mass is 419 g/mol. The zero-order valence-corrected chi connectivity index (χ0v) is 16.9. The number of fused-ring (bicyclic) bond motifs is 1. The van der Waals surface area contributed by atoms with Crippen LogP contribution in [0.5, 0.6) is 0 Å². The molecule has 2 aliphatic rings. The van der Waals surface area contributed by atoms with Gasteiger partial charge in [0.25, 0.3) is 0 Å². The molecule has 6 nitrogen and oxygen atoms in total. The van der Waals surface area contributed by atoms with Crippen LogP contribution in [0.3, 0.4) is 0 Å². The van der Waals surface area contributed by atoms with E-state index in [0.29, 0.717) is 29.3 Å². The topological polar surface area (TPSA) is 88.6 Å². The van der Waals surface area contributed by atoms with Crippen LogP contribution in [0.25, 0.3) is 10.9 Å². The first kappa shape index (κ1) is 19.9. The number of nitrogens with two attached hydrogens (primary N) is 1. The van der Waals surface area contributed by atoms with Crippen molar-refractivity contribution in [2.45, 2.75) is 38.6 Å². The number of piperidine rings is 1. The minimum absolute atomic E-state index is 0.136. The lowest BCUT2D eigenvalue weighted by atomic mass is 10.00. The van der Waals surface area contributed by atoms with Gasteiger partial charge >= 0.3 is 5.97 Å². The summed E-state index contributed by atoms with van der Waals surface area (Å²) in [6.07, 6.45) is 4.88. The molecule has 1 saturated carbocycles. The van der Waals surface area contributed by atoms with E-state index < -0.39 is 17.2 Å². The Bertz CT molecular complexity index is 1100. The third-order valence-corrected chi connectivity index (χ3v) is 6.26. The number of pyridine rings is 1. The molecule has 0 spiro atoms. The second-order valence-corrected chi connectivity index (χ2v) is 8.24. The van der Waals surface area contributed by atoms with Gasteiger partial charge in [-0.1, -0.05) is 11.6 Å². The standard InChI is InChI=1S/C21H23ClFN3O3/c1-11-18-16(26(13-4-5-13)10-14(20(18)27)21(28)29)7-17(19(11)23)25-6-2-3-12(9-25)15(22)8-24/h7,10,13H,2-6,8-9,24H2,1H3,(H,28,29)/b15-12-. The van der Waals surface area contributed by atoms with Crippen LogP contribution in [0.1, 0.15) is 47.6 Å². The summed E-state index contributed by atoms with van der Waals surface area (Å²) in [6, 6.07) is 1.82. The van der Waals surface area contributed by atoms with Gasteiger partial charge < -0.3 is 20.3 Å². The molecule has 29 heavy (non-hydrogen) atoms. The van der Waals surface area contributed by atoms with Gasteiger partial charge in [-0.15, -0.1) is 0 Å². The molecule has 1 aliphatic carbocycles. The maximum atomic E-state index is 15.4. The number of benzene rings is 1. The Balaban J connectivity index is 1.93. The molecule has 1 aromatic carbocycles. The lowest BCUT2D eigenvalue weighted by Crippen LogP contribution is -2.33. The second-order valence-electron chi connectivity index (χ2n) is 7.78. The first-order valence-corrected chi connectivity index (χ1v) is 10.1. The van der Waals surface area contributed by atoms with Gasteiger partial charge in [0.05, 0.1) is 16.6 Å². The summed E-state index contributed by atoms with van der Waals surface area (Å²) in [4.78, 5) is 26.3. The predicted octanol–water partition coefficient (Wildman–Crippen LogP) is 3.53. The van der Waals surface area contributed by atoms with E-state index in [4.69, 9.17) is 17.3 Å². The Morgan fingerprint density at radius 3 is 2.76 bits per heavy atom. The van der Waals surface area contributed by atoms with Gasteiger partial charge in [0.1, 0.15) is 11.4 Å². The predicted molar refractivity (Wildman–Crippen MR) is 112 cm³/mol. The van der Waals surface area contributed by atoms with Crippen LogP contribution < -0.4 is 16.1 Å². The summed E-state index contributed by atoms with van der Waals surface area (Å²) in [5.74, 6) is -1.79. The number of hydrogen-bond acceptors (Lipinski definition) is 4. The molecule has 1 aromatic heterocycles. The van der Waals surface area contributed by atoms with E-state index in [2.05, 4.69) is 0 Å². The quantitative estimate of drug-likeness (QED) is 0.791. The van der Waals surface area contributed by atoms with Gasteiger partial charge in [0, 0.05) is 42.5 Å². The SMILES string of the molecule is Cc1c(F)c(N2CCC/C(=C(/Cl)CN)C2)cc2c1c(=O)c(C(=O)O)cn2C1CC1. The third kappa shape index (κ3) is 3.42. The van der Waals surface area contributed by atoms with Gasteiger partial charge in [-0.25, -0.2) is 9.18 Å². The minimum atomic E-state index is -1.29. The molecule has 3 N–H and O–H groups in total. The van der Waals surface area contributed by atoms with Crippen LogP contribution >= 0.6 is 11.6 Å². The minimum Gasteiger partial charge on any atom is -0.477 e. The Morgan fingerprint density at radius 2 is 2.14 bits per heavy atom. The second kappa shape index (κ2) is 7.46. The summed E-state index contributed by atoms with van der Waals surface area (Å²) >= 11 is 6.24. The summed E-state index contributed by atoms with van der Waals surface area (Å²) in [7, 11) is 0. The number of hydrogen-bond donors (Lipinski definition) is 2. The molecule has 0 radical (unpaired) electrons. The number of aromatic carboxylic acids is 1. The maximum absolute atomic E-state index is 15.4. The first-order chi connectivity index (χ1) is 13.8. The zero-order valence-electron chi connectivity index (χ0n) is 16.2. The molecule has 0 bridgehead atoms. The molecule has 1 aliphatic heterocycles. The van der Waals surface area contributed by atoms with E-state index >= 15 is 4.39 Å². The average Bonchev–Trinajstić information content (AvgIpc) is 3.55. The molecule has 0 amide bonds. The van der Waals surface area contributed by atoms with E-state index in [1.54, 1.807) is 13.0 Å². The lowest BCUT2D eigenvalue weighted by Gasteiger charge is -2.32. The van der Waals surface area contributed by atoms with Crippen molar-refractivity contribution in [3.8, 4) is 0 Å². The molecule has 2 aromatic rings. The molecular weight excluding hydrogens is 397 g/mol. The van der Waals surface area contributed by atoms with Crippen molar-refractivity contribution in [1.82, 2.24) is 4.57 Å². The summed E-state index contributed by atoms with van der Waals surface area (Å²) in [5, 5.41) is 10.2.